The molecule has 1 aromatic heterocycles. The summed E-state index contributed by atoms with van der Waals surface area (Å²) in [6.07, 6.45) is 0.109. The second kappa shape index (κ2) is 7.29. The van der Waals surface area contributed by atoms with E-state index in [-0.39, 0.29) is 17.2 Å². The van der Waals surface area contributed by atoms with Gasteiger partial charge in [0.25, 0.3) is 0 Å². The first kappa shape index (κ1) is 18.4. The van der Waals surface area contributed by atoms with Gasteiger partial charge in [-0.3, -0.25) is 4.79 Å². The molecule has 0 aliphatic heterocycles. The minimum Gasteiger partial charge on any atom is -0.495 e. The smallest absolute Gasteiger partial charge is 0.242 e. The van der Waals surface area contributed by atoms with Crippen molar-refractivity contribution in [2.24, 2.45) is 0 Å². The Kier molecular flexibility index (Phi) is 5.58. The number of hydrogen-bond acceptors (Lipinski definition) is 6. The maximum absolute atomic E-state index is 12.2. The van der Waals surface area contributed by atoms with E-state index < -0.39 is 10.0 Å². The SMILES string of the molecule is COc1ccc(S(=O)(=O)N(C)C)cc1NC(=O)Cc1csc(C)n1. The van der Waals surface area contributed by atoms with Crippen LogP contribution < -0.4 is 10.1 Å². The van der Waals surface area contributed by atoms with Gasteiger partial charge in [-0.05, 0) is 25.1 Å². The van der Waals surface area contributed by atoms with Crippen molar-refractivity contribution in [2.75, 3.05) is 26.5 Å². The number of rotatable bonds is 6. The van der Waals surface area contributed by atoms with Crippen molar-refractivity contribution in [3.63, 3.8) is 0 Å². The average Bonchev–Trinajstić information content (AvgIpc) is 2.91. The second-order valence-electron chi connectivity index (χ2n) is 5.23. The van der Waals surface area contributed by atoms with Gasteiger partial charge in [0.05, 0.1) is 34.8 Å². The van der Waals surface area contributed by atoms with Gasteiger partial charge in [0, 0.05) is 19.5 Å². The van der Waals surface area contributed by atoms with E-state index in [0.717, 1.165) is 9.31 Å². The topological polar surface area (TPSA) is 88.6 Å². The third-order valence-electron chi connectivity index (χ3n) is 3.23. The van der Waals surface area contributed by atoms with Gasteiger partial charge in [-0.15, -0.1) is 11.3 Å². The number of amides is 1. The quantitative estimate of drug-likeness (QED) is 0.840. The highest BCUT2D eigenvalue weighted by Crippen LogP contribution is 2.28. The molecule has 1 N–H and O–H groups in total. The summed E-state index contributed by atoms with van der Waals surface area (Å²) in [7, 11) is 0.747. The normalized spacial score (nSPS) is 11.5. The molecular formula is C15H19N3O4S2. The molecule has 0 saturated carbocycles. The van der Waals surface area contributed by atoms with Crippen LogP contribution in [0.5, 0.6) is 5.75 Å². The van der Waals surface area contributed by atoms with E-state index in [4.69, 9.17) is 4.74 Å². The van der Waals surface area contributed by atoms with E-state index in [2.05, 4.69) is 10.3 Å². The van der Waals surface area contributed by atoms with Crippen LogP contribution in [0.3, 0.4) is 0 Å². The molecule has 0 atom stereocenters. The Morgan fingerprint density at radius 1 is 1.38 bits per heavy atom. The number of thiazole rings is 1. The maximum Gasteiger partial charge on any atom is 0.242 e. The fourth-order valence-electron chi connectivity index (χ4n) is 2.00. The van der Waals surface area contributed by atoms with Gasteiger partial charge in [0.1, 0.15) is 5.75 Å². The van der Waals surface area contributed by atoms with Crippen LogP contribution in [0, 0.1) is 6.92 Å². The average molecular weight is 369 g/mol. The molecular weight excluding hydrogens is 350 g/mol. The lowest BCUT2D eigenvalue weighted by Gasteiger charge is -2.15. The highest BCUT2D eigenvalue weighted by Gasteiger charge is 2.20. The first-order chi connectivity index (χ1) is 11.2. The molecule has 0 aliphatic rings. The Morgan fingerprint density at radius 2 is 2.08 bits per heavy atom. The Bertz CT molecular complexity index is 844. The van der Waals surface area contributed by atoms with Crippen LogP contribution in [0.25, 0.3) is 0 Å². The third kappa shape index (κ3) is 4.11. The maximum atomic E-state index is 12.2. The van der Waals surface area contributed by atoms with E-state index >= 15 is 0 Å². The number of carbonyl (C=O) groups excluding carboxylic acids is 1. The van der Waals surface area contributed by atoms with Crippen LogP contribution in [0.15, 0.2) is 28.5 Å². The molecule has 0 bridgehead atoms. The Hall–Kier alpha value is -1.97. The number of aryl methyl sites for hydroxylation is 1. The summed E-state index contributed by atoms with van der Waals surface area (Å²) < 4.78 is 30.8. The lowest BCUT2D eigenvalue weighted by atomic mass is 10.2. The Morgan fingerprint density at radius 3 is 2.62 bits per heavy atom. The van der Waals surface area contributed by atoms with E-state index in [1.807, 2.05) is 12.3 Å². The highest BCUT2D eigenvalue weighted by atomic mass is 32.2. The molecule has 1 amide bonds. The van der Waals surface area contributed by atoms with Crippen molar-refractivity contribution in [3.05, 3.63) is 34.3 Å². The first-order valence-corrected chi connectivity index (χ1v) is 9.37. The van der Waals surface area contributed by atoms with Crippen LogP contribution in [0.4, 0.5) is 5.69 Å². The summed E-state index contributed by atoms with van der Waals surface area (Å²) in [4.78, 5) is 16.5. The van der Waals surface area contributed by atoms with Crippen molar-refractivity contribution in [1.82, 2.24) is 9.29 Å². The summed E-state index contributed by atoms with van der Waals surface area (Å²) in [5.41, 5.74) is 0.975. The summed E-state index contributed by atoms with van der Waals surface area (Å²) in [6.45, 7) is 1.87. The number of hydrogen-bond donors (Lipinski definition) is 1. The molecule has 2 aromatic rings. The lowest BCUT2D eigenvalue weighted by Crippen LogP contribution is -2.22. The number of sulfonamides is 1. The zero-order valence-electron chi connectivity index (χ0n) is 13.9. The predicted octanol–water partition coefficient (Wildman–Crippen LogP) is 1.89. The number of ether oxygens (including phenoxy) is 1. The summed E-state index contributed by atoms with van der Waals surface area (Å²) in [6, 6.07) is 4.34. The number of nitrogens with one attached hydrogen (secondary N) is 1. The van der Waals surface area contributed by atoms with Crippen LogP contribution in [-0.4, -0.2) is 44.8 Å². The van der Waals surface area contributed by atoms with Gasteiger partial charge in [-0.1, -0.05) is 0 Å². The molecule has 0 aliphatic carbocycles. The molecule has 0 saturated heterocycles. The van der Waals surface area contributed by atoms with Gasteiger partial charge in [-0.25, -0.2) is 17.7 Å². The first-order valence-electron chi connectivity index (χ1n) is 7.05. The van der Waals surface area contributed by atoms with Crippen LogP contribution in [0.2, 0.25) is 0 Å². The summed E-state index contributed by atoms with van der Waals surface area (Å²) in [5.74, 6) is 0.0912. The van der Waals surface area contributed by atoms with E-state index in [9.17, 15) is 13.2 Å². The molecule has 0 unspecified atom stereocenters. The lowest BCUT2D eigenvalue weighted by molar-refractivity contribution is -0.115. The molecule has 0 spiro atoms. The molecule has 7 nitrogen and oxygen atoms in total. The van der Waals surface area contributed by atoms with E-state index in [1.165, 1.54) is 50.7 Å². The van der Waals surface area contributed by atoms with Crippen molar-refractivity contribution in [1.29, 1.82) is 0 Å². The van der Waals surface area contributed by atoms with Crippen molar-refractivity contribution >= 4 is 33.0 Å². The summed E-state index contributed by atoms with van der Waals surface area (Å²) in [5, 5.41) is 5.39. The zero-order chi connectivity index (χ0) is 17.9. The fourth-order valence-corrected chi connectivity index (χ4v) is 3.55. The van der Waals surface area contributed by atoms with Gasteiger partial charge in [0.2, 0.25) is 15.9 Å². The fraction of sp³-hybridized carbons (Fsp3) is 0.333. The minimum absolute atomic E-state index is 0.0769. The molecule has 1 aromatic carbocycles. The number of methoxy groups -OCH3 is 1. The van der Waals surface area contributed by atoms with Crippen LogP contribution in [-0.2, 0) is 21.2 Å². The molecule has 2 rings (SSSR count). The molecule has 0 fully saturated rings. The Labute approximate surface area is 145 Å². The van der Waals surface area contributed by atoms with Gasteiger partial charge in [0.15, 0.2) is 0 Å². The van der Waals surface area contributed by atoms with Crippen LogP contribution in [0.1, 0.15) is 10.7 Å². The molecule has 0 radical (unpaired) electrons. The monoisotopic (exact) mass is 369 g/mol. The molecule has 24 heavy (non-hydrogen) atoms. The zero-order valence-corrected chi connectivity index (χ0v) is 15.5. The second-order valence-corrected chi connectivity index (χ2v) is 8.45. The van der Waals surface area contributed by atoms with Gasteiger partial charge >= 0.3 is 0 Å². The molecule has 1 heterocycles. The standard InChI is InChI=1S/C15H19N3O4S2/c1-10-16-11(9-23-10)7-15(19)17-13-8-12(5-6-14(13)22-4)24(20,21)18(2)3/h5-6,8-9H,7H2,1-4H3,(H,17,19). The number of carbonyl (C=O) groups is 1. The largest absolute Gasteiger partial charge is 0.495 e. The van der Waals surface area contributed by atoms with Crippen LogP contribution >= 0.6 is 11.3 Å². The number of aromatic nitrogens is 1. The van der Waals surface area contributed by atoms with Gasteiger partial charge < -0.3 is 10.1 Å². The van der Waals surface area contributed by atoms with E-state index in [0.29, 0.717) is 17.1 Å². The Balaban J connectivity index is 2.26. The number of anilines is 1. The van der Waals surface area contributed by atoms with Crippen molar-refractivity contribution < 1.29 is 17.9 Å². The number of benzene rings is 1. The number of nitrogens with zero attached hydrogens (tertiary/aromatic N) is 2. The predicted molar refractivity (Wildman–Crippen MR) is 93.1 cm³/mol. The van der Waals surface area contributed by atoms with E-state index in [1.54, 1.807) is 0 Å². The molecule has 130 valence electrons. The van der Waals surface area contributed by atoms with Crippen molar-refractivity contribution in [2.45, 2.75) is 18.2 Å². The van der Waals surface area contributed by atoms with Gasteiger partial charge in [-0.2, -0.15) is 0 Å². The third-order valence-corrected chi connectivity index (χ3v) is 5.87. The molecule has 9 heteroatoms. The minimum atomic E-state index is -3.60. The highest BCUT2D eigenvalue weighted by molar-refractivity contribution is 7.89. The summed E-state index contributed by atoms with van der Waals surface area (Å²) >= 11 is 1.47. The van der Waals surface area contributed by atoms with Crippen molar-refractivity contribution in [3.8, 4) is 5.75 Å².